The van der Waals surface area contributed by atoms with Gasteiger partial charge in [0.2, 0.25) is 5.91 Å². The average Bonchev–Trinajstić information content (AvgIpc) is 2.53. The van der Waals surface area contributed by atoms with Crippen molar-refractivity contribution in [1.29, 1.82) is 0 Å². The summed E-state index contributed by atoms with van der Waals surface area (Å²) < 4.78 is 0. The fourth-order valence-corrected chi connectivity index (χ4v) is 3.09. The fourth-order valence-electron chi connectivity index (χ4n) is 3.09. The van der Waals surface area contributed by atoms with Gasteiger partial charge in [-0.1, -0.05) is 37.3 Å². The standard InChI is InChI=1S/C18H29N3O/c1-14-8-7-11-21(13-14)15(2)12-20-17(22)18(3,19)16-9-5-4-6-10-16/h4-6,9-10,14-15H,7-8,11-13,19H2,1-3H3,(H,20,22). The van der Waals surface area contributed by atoms with Gasteiger partial charge in [-0.2, -0.15) is 0 Å². The summed E-state index contributed by atoms with van der Waals surface area (Å²) in [6.07, 6.45) is 2.56. The topological polar surface area (TPSA) is 58.4 Å². The first kappa shape index (κ1) is 17.0. The van der Waals surface area contributed by atoms with Gasteiger partial charge < -0.3 is 11.1 Å². The number of nitrogens with zero attached hydrogens (tertiary/aromatic N) is 1. The molecule has 1 saturated heterocycles. The molecule has 4 nitrogen and oxygen atoms in total. The van der Waals surface area contributed by atoms with E-state index in [0.29, 0.717) is 12.6 Å². The summed E-state index contributed by atoms with van der Waals surface area (Å²) in [4.78, 5) is 14.9. The molecule has 3 N–H and O–H groups in total. The second-order valence-electron chi connectivity index (χ2n) is 6.87. The van der Waals surface area contributed by atoms with Crippen LogP contribution in [0.3, 0.4) is 0 Å². The lowest BCUT2D eigenvalue weighted by molar-refractivity contribution is -0.126. The predicted molar refractivity (Wildman–Crippen MR) is 90.4 cm³/mol. The highest BCUT2D eigenvalue weighted by Crippen LogP contribution is 2.19. The zero-order valence-corrected chi connectivity index (χ0v) is 14.0. The molecule has 3 atom stereocenters. The van der Waals surface area contributed by atoms with Crippen LogP contribution in [-0.4, -0.2) is 36.5 Å². The molecule has 1 heterocycles. The molecule has 1 aromatic carbocycles. The van der Waals surface area contributed by atoms with Gasteiger partial charge in [-0.05, 0) is 44.7 Å². The van der Waals surface area contributed by atoms with Crippen LogP contribution in [0.5, 0.6) is 0 Å². The van der Waals surface area contributed by atoms with Gasteiger partial charge in [0, 0.05) is 19.1 Å². The van der Waals surface area contributed by atoms with Gasteiger partial charge in [0.15, 0.2) is 0 Å². The summed E-state index contributed by atoms with van der Waals surface area (Å²) in [5, 5.41) is 3.03. The fraction of sp³-hybridized carbons (Fsp3) is 0.611. The summed E-state index contributed by atoms with van der Waals surface area (Å²) in [7, 11) is 0. The van der Waals surface area contributed by atoms with Gasteiger partial charge in [-0.25, -0.2) is 0 Å². The minimum atomic E-state index is -0.990. The van der Waals surface area contributed by atoms with Gasteiger partial charge in [0.1, 0.15) is 5.54 Å². The minimum absolute atomic E-state index is 0.115. The Kier molecular flexibility index (Phi) is 5.59. The number of amides is 1. The molecule has 22 heavy (non-hydrogen) atoms. The maximum absolute atomic E-state index is 12.5. The molecule has 3 unspecified atom stereocenters. The van der Waals surface area contributed by atoms with Crippen LogP contribution in [-0.2, 0) is 10.3 Å². The van der Waals surface area contributed by atoms with Gasteiger partial charge in [-0.15, -0.1) is 0 Å². The monoisotopic (exact) mass is 303 g/mol. The lowest BCUT2D eigenvalue weighted by atomic mass is 9.92. The molecule has 1 aromatic rings. The van der Waals surface area contributed by atoms with Crippen LogP contribution < -0.4 is 11.1 Å². The summed E-state index contributed by atoms with van der Waals surface area (Å²) >= 11 is 0. The van der Waals surface area contributed by atoms with Crippen molar-refractivity contribution in [2.24, 2.45) is 11.7 Å². The van der Waals surface area contributed by atoms with E-state index in [1.807, 2.05) is 30.3 Å². The Hall–Kier alpha value is -1.39. The summed E-state index contributed by atoms with van der Waals surface area (Å²) in [6, 6.07) is 9.89. The molecule has 1 aliphatic rings. The number of nitrogens with two attached hydrogens (primary N) is 1. The molecule has 1 aliphatic heterocycles. The molecule has 0 bridgehead atoms. The van der Waals surface area contributed by atoms with Crippen molar-refractivity contribution in [3.8, 4) is 0 Å². The molecule has 0 saturated carbocycles. The molecule has 1 amide bonds. The molecule has 2 rings (SSSR count). The molecule has 0 radical (unpaired) electrons. The van der Waals surface area contributed by atoms with Crippen molar-refractivity contribution < 1.29 is 4.79 Å². The lowest BCUT2D eigenvalue weighted by Gasteiger charge is -2.36. The zero-order chi connectivity index (χ0) is 16.2. The summed E-state index contributed by atoms with van der Waals surface area (Å²) in [5.41, 5.74) is 6.09. The van der Waals surface area contributed by atoms with E-state index in [1.165, 1.54) is 12.8 Å². The van der Waals surface area contributed by atoms with E-state index in [9.17, 15) is 4.79 Å². The number of rotatable bonds is 5. The quantitative estimate of drug-likeness (QED) is 0.876. The highest BCUT2D eigenvalue weighted by molar-refractivity contribution is 5.87. The lowest BCUT2D eigenvalue weighted by Crippen LogP contribution is -2.53. The maximum atomic E-state index is 12.5. The predicted octanol–water partition coefficient (Wildman–Crippen LogP) is 2.10. The van der Waals surface area contributed by atoms with Gasteiger partial charge in [0.05, 0.1) is 0 Å². The van der Waals surface area contributed by atoms with E-state index in [-0.39, 0.29) is 5.91 Å². The first-order chi connectivity index (χ1) is 10.4. The number of hydrogen-bond acceptors (Lipinski definition) is 3. The number of piperidine rings is 1. The normalized spacial score (nSPS) is 23.5. The number of carbonyl (C=O) groups excluding carboxylic acids is 1. The summed E-state index contributed by atoms with van der Waals surface area (Å²) in [6.45, 7) is 9.13. The first-order valence-electron chi connectivity index (χ1n) is 8.28. The highest BCUT2D eigenvalue weighted by atomic mass is 16.2. The summed E-state index contributed by atoms with van der Waals surface area (Å²) in [5.74, 6) is 0.631. The van der Waals surface area contributed by atoms with Crippen LogP contribution in [0.15, 0.2) is 30.3 Å². The van der Waals surface area contributed by atoms with E-state index < -0.39 is 5.54 Å². The van der Waals surface area contributed by atoms with Crippen LogP contribution in [0.25, 0.3) is 0 Å². The zero-order valence-electron chi connectivity index (χ0n) is 14.0. The Bertz CT molecular complexity index is 486. The van der Waals surface area contributed by atoms with E-state index in [1.54, 1.807) is 6.92 Å². The average molecular weight is 303 g/mol. The second kappa shape index (κ2) is 7.25. The second-order valence-corrected chi connectivity index (χ2v) is 6.87. The number of carbonyl (C=O) groups is 1. The minimum Gasteiger partial charge on any atom is -0.353 e. The van der Waals surface area contributed by atoms with Crippen molar-refractivity contribution in [2.45, 2.75) is 45.2 Å². The molecule has 122 valence electrons. The molecule has 0 aliphatic carbocycles. The molecular formula is C18H29N3O. The third kappa shape index (κ3) is 4.08. The molecule has 0 aromatic heterocycles. The molecule has 1 fully saturated rings. The van der Waals surface area contributed by atoms with Crippen molar-refractivity contribution in [1.82, 2.24) is 10.2 Å². The molecular weight excluding hydrogens is 274 g/mol. The number of likely N-dealkylation sites (tertiary alicyclic amines) is 1. The van der Waals surface area contributed by atoms with Crippen LogP contribution in [0.4, 0.5) is 0 Å². The number of hydrogen-bond donors (Lipinski definition) is 2. The third-order valence-electron chi connectivity index (χ3n) is 4.71. The third-order valence-corrected chi connectivity index (χ3v) is 4.71. The largest absolute Gasteiger partial charge is 0.353 e. The van der Waals surface area contributed by atoms with Gasteiger partial charge in [0.25, 0.3) is 0 Å². The Morgan fingerprint density at radius 2 is 2.14 bits per heavy atom. The van der Waals surface area contributed by atoms with Crippen molar-refractivity contribution in [3.05, 3.63) is 35.9 Å². The van der Waals surface area contributed by atoms with Crippen molar-refractivity contribution in [2.75, 3.05) is 19.6 Å². The van der Waals surface area contributed by atoms with Gasteiger partial charge in [-0.3, -0.25) is 9.69 Å². The number of benzene rings is 1. The Morgan fingerprint density at radius 3 is 2.77 bits per heavy atom. The Labute approximate surface area is 134 Å². The van der Waals surface area contributed by atoms with E-state index in [2.05, 4.69) is 24.1 Å². The number of nitrogens with one attached hydrogen (secondary N) is 1. The first-order valence-corrected chi connectivity index (χ1v) is 8.28. The molecule has 0 spiro atoms. The van der Waals surface area contributed by atoms with E-state index in [0.717, 1.165) is 24.6 Å². The van der Waals surface area contributed by atoms with Crippen LogP contribution in [0.2, 0.25) is 0 Å². The highest BCUT2D eigenvalue weighted by Gasteiger charge is 2.31. The van der Waals surface area contributed by atoms with Crippen LogP contribution in [0.1, 0.15) is 39.2 Å². The van der Waals surface area contributed by atoms with Gasteiger partial charge >= 0.3 is 0 Å². The maximum Gasteiger partial charge on any atom is 0.244 e. The van der Waals surface area contributed by atoms with E-state index >= 15 is 0 Å². The van der Waals surface area contributed by atoms with Crippen molar-refractivity contribution >= 4 is 5.91 Å². The van der Waals surface area contributed by atoms with E-state index in [4.69, 9.17) is 5.73 Å². The Morgan fingerprint density at radius 1 is 1.45 bits per heavy atom. The Balaban J connectivity index is 1.89. The van der Waals surface area contributed by atoms with Crippen LogP contribution in [0, 0.1) is 5.92 Å². The smallest absolute Gasteiger partial charge is 0.244 e. The van der Waals surface area contributed by atoms with Crippen molar-refractivity contribution in [3.63, 3.8) is 0 Å². The van der Waals surface area contributed by atoms with Crippen LogP contribution >= 0.6 is 0 Å². The SMILES string of the molecule is CC1CCCN(C(C)CNC(=O)C(C)(N)c2ccccc2)C1. The molecule has 4 heteroatoms.